The van der Waals surface area contributed by atoms with E-state index in [1.54, 1.807) is 6.92 Å². The van der Waals surface area contributed by atoms with Crippen molar-refractivity contribution in [1.29, 1.82) is 0 Å². The predicted molar refractivity (Wildman–Crippen MR) is 49.8 cm³/mol. The third-order valence-electron chi connectivity index (χ3n) is 1.87. The van der Waals surface area contributed by atoms with Gasteiger partial charge in [0.1, 0.15) is 0 Å². The number of aryl methyl sites for hydroxylation is 1. The maximum atomic E-state index is 12.1. The Hall–Kier alpha value is -1.47. The van der Waals surface area contributed by atoms with Gasteiger partial charge in [0.25, 0.3) is 5.56 Å². The Morgan fingerprint density at radius 1 is 1.40 bits per heavy atom. The second-order valence-corrected chi connectivity index (χ2v) is 3.13. The zero-order valence-corrected chi connectivity index (χ0v) is 7.97. The number of halogens is 3. The van der Waals surface area contributed by atoms with Crippen molar-refractivity contribution < 1.29 is 12.9 Å². The van der Waals surface area contributed by atoms with Crippen LogP contribution >= 0.6 is 0 Å². The third kappa shape index (κ3) is 3.00. The molecule has 0 fully saturated rings. The first-order valence-electron chi connectivity index (χ1n) is 4.37. The molecular formula is C7H9BF3N2O2-. The van der Waals surface area contributed by atoms with E-state index in [1.165, 1.54) is 0 Å². The van der Waals surface area contributed by atoms with Gasteiger partial charge < -0.3 is 17.5 Å². The first-order valence-corrected chi connectivity index (χ1v) is 4.37. The van der Waals surface area contributed by atoms with Gasteiger partial charge >= 0.3 is 12.7 Å². The summed E-state index contributed by atoms with van der Waals surface area (Å²) >= 11 is 0. The fourth-order valence-corrected chi connectivity index (χ4v) is 1.17. The van der Waals surface area contributed by atoms with E-state index in [-0.39, 0.29) is 12.0 Å². The lowest BCUT2D eigenvalue weighted by atomic mass is 9.92. The number of aromatic nitrogens is 2. The quantitative estimate of drug-likeness (QED) is 0.755. The second kappa shape index (κ2) is 3.96. The SMILES string of the molecule is CCc1cn(C[B-](F)(F)F)c(=O)[nH]c1=O. The van der Waals surface area contributed by atoms with Crippen molar-refractivity contribution in [2.24, 2.45) is 0 Å². The average Bonchev–Trinajstić information content (AvgIpc) is 2.07. The van der Waals surface area contributed by atoms with Crippen LogP contribution in [0.3, 0.4) is 0 Å². The molecule has 1 N–H and O–H groups in total. The largest absolute Gasteiger partial charge is 0.497 e. The summed E-state index contributed by atoms with van der Waals surface area (Å²) in [5.41, 5.74) is -1.50. The average molecular weight is 221 g/mol. The van der Waals surface area contributed by atoms with E-state index < -0.39 is 24.7 Å². The fourth-order valence-electron chi connectivity index (χ4n) is 1.17. The van der Waals surface area contributed by atoms with E-state index >= 15 is 0 Å². The molecular weight excluding hydrogens is 212 g/mol. The summed E-state index contributed by atoms with van der Waals surface area (Å²) in [6.07, 6.45) is -0.0977. The summed E-state index contributed by atoms with van der Waals surface area (Å²) in [5, 5.41) is 0. The van der Waals surface area contributed by atoms with Crippen molar-refractivity contribution in [1.82, 2.24) is 9.55 Å². The zero-order chi connectivity index (χ0) is 11.6. The van der Waals surface area contributed by atoms with E-state index in [1.807, 2.05) is 4.98 Å². The Labute approximate surface area is 82.8 Å². The summed E-state index contributed by atoms with van der Waals surface area (Å²) < 4.78 is 36.7. The van der Waals surface area contributed by atoms with Crippen molar-refractivity contribution >= 4 is 6.98 Å². The molecule has 0 saturated carbocycles. The van der Waals surface area contributed by atoms with Gasteiger partial charge in [0.2, 0.25) is 0 Å². The van der Waals surface area contributed by atoms with Crippen LogP contribution in [0.15, 0.2) is 15.8 Å². The molecule has 1 rings (SSSR count). The van der Waals surface area contributed by atoms with Crippen LogP contribution in [-0.2, 0) is 12.9 Å². The molecule has 0 saturated heterocycles. The zero-order valence-electron chi connectivity index (χ0n) is 7.97. The van der Waals surface area contributed by atoms with Crippen molar-refractivity contribution in [3.63, 3.8) is 0 Å². The maximum Gasteiger partial charge on any atom is 0.497 e. The molecule has 0 spiro atoms. The minimum atomic E-state index is -5.09. The van der Waals surface area contributed by atoms with Crippen molar-refractivity contribution in [2.75, 3.05) is 0 Å². The Kier molecular flexibility index (Phi) is 3.06. The van der Waals surface area contributed by atoms with Gasteiger partial charge in [-0.15, -0.1) is 0 Å². The molecule has 0 aromatic carbocycles. The van der Waals surface area contributed by atoms with E-state index in [4.69, 9.17) is 0 Å². The highest BCUT2D eigenvalue weighted by atomic mass is 19.4. The van der Waals surface area contributed by atoms with Crippen LogP contribution in [0, 0.1) is 0 Å². The number of aromatic amines is 1. The molecule has 0 atom stereocenters. The van der Waals surface area contributed by atoms with Crippen LogP contribution in [0.1, 0.15) is 12.5 Å². The predicted octanol–water partition coefficient (Wildman–Crippen LogP) is 0.486. The molecule has 0 aliphatic heterocycles. The molecule has 0 aliphatic carbocycles. The highest BCUT2D eigenvalue weighted by Gasteiger charge is 2.24. The summed E-state index contributed by atoms with van der Waals surface area (Å²) in [7, 11) is 0. The molecule has 84 valence electrons. The van der Waals surface area contributed by atoms with Gasteiger partial charge in [-0.05, 0) is 12.9 Å². The number of nitrogens with one attached hydrogen (secondary N) is 1. The van der Waals surface area contributed by atoms with Crippen LogP contribution in [-0.4, -0.2) is 16.5 Å². The number of hydrogen-bond acceptors (Lipinski definition) is 2. The third-order valence-corrected chi connectivity index (χ3v) is 1.87. The van der Waals surface area contributed by atoms with Gasteiger partial charge in [-0.1, -0.05) is 6.92 Å². The fraction of sp³-hybridized carbons (Fsp3) is 0.429. The van der Waals surface area contributed by atoms with Crippen molar-refractivity contribution in [3.8, 4) is 0 Å². The molecule has 1 aromatic rings. The van der Waals surface area contributed by atoms with Gasteiger partial charge in [0.15, 0.2) is 0 Å². The monoisotopic (exact) mass is 221 g/mol. The van der Waals surface area contributed by atoms with E-state index in [9.17, 15) is 22.5 Å². The van der Waals surface area contributed by atoms with Crippen LogP contribution in [0.25, 0.3) is 0 Å². The molecule has 1 aromatic heterocycles. The lowest BCUT2D eigenvalue weighted by Crippen LogP contribution is -2.37. The summed E-state index contributed by atoms with van der Waals surface area (Å²) in [6, 6.07) is 0. The van der Waals surface area contributed by atoms with E-state index in [0.29, 0.717) is 4.57 Å². The number of hydrogen-bond donors (Lipinski definition) is 1. The van der Waals surface area contributed by atoms with Crippen LogP contribution in [0.5, 0.6) is 0 Å². The molecule has 0 bridgehead atoms. The topological polar surface area (TPSA) is 54.9 Å². The molecule has 4 nitrogen and oxygen atoms in total. The Morgan fingerprint density at radius 3 is 2.47 bits per heavy atom. The molecule has 0 amide bonds. The minimum Gasteiger partial charge on any atom is -0.448 e. The summed E-state index contributed by atoms with van der Waals surface area (Å²) in [6.45, 7) is -3.47. The smallest absolute Gasteiger partial charge is 0.448 e. The van der Waals surface area contributed by atoms with Crippen molar-refractivity contribution in [2.45, 2.75) is 19.8 Å². The molecule has 8 heteroatoms. The number of nitrogens with zero attached hydrogens (tertiary/aromatic N) is 1. The van der Waals surface area contributed by atoms with Crippen LogP contribution < -0.4 is 11.2 Å². The number of H-pyrrole nitrogens is 1. The van der Waals surface area contributed by atoms with E-state index in [2.05, 4.69) is 0 Å². The maximum absolute atomic E-state index is 12.1. The van der Waals surface area contributed by atoms with E-state index in [0.717, 1.165) is 6.20 Å². The molecule has 0 unspecified atom stereocenters. The lowest BCUT2D eigenvalue weighted by molar-refractivity contribution is 0.440. The van der Waals surface area contributed by atoms with Gasteiger partial charge in [0.05, 0.1) is 0 Å². The first kappa shape index (κ1) is 11.6. The minimum absolute atomic E-state index is 0.162. The van der Waals surface area contributed by atoms with Crippen molar-refractivity contribution in [3.05, 3.63) is 32.6 Å². The highest BCUT2D eigenvalue weighted by Crippen LogP contribution is 2.09. The normalized spacial score (nSPS) is 11.7. The molecule has 0 aliphatic rings. The van der Waals surface area contributed by atoms with Gasteiger partial charge in [-0.25, -0.2) is 4.79 Å². The molecule has 1 heterocycles. The summed E-state index contributed by atoms with van der Waals surface area (Å²) in [4.78, 5) is 23.9. The second-order valence-electron chi connectivity index (χ2n) is 3.13. The first-order chi connectivity index (χ1) is 6.83. The Morgan fingerprint density at radius 2 is 2.00 bits per heavy atom. The Bertz CT molecular complexity index is 463. The Balaban J connectivity index is 3.20. The lowest BCUT2D eigenvalue weighted by Gasteiger charge is -2.15. The van der Waals surface area contributed by atoms with Gasteiger partial charge in [0, 0.05) is 11.8 Å². The highest BCUT2D eigenvalue weighted by molar-refractivity contribution is 6.57. The molecule has 0 radical (unpaired) electrons. The number of rotatable bonds is 3. The van der Waals surface area contributed by atoms with Crippen LogP contribution in [0.4, 0.5) is 12.9 Å². The standard InChI is InChI=1S/C7H9BF3N2O2/c1-2-5-3-13(4-8(9,10)11)7(15)12-6(5)14/h3H,2,4H2,1H3,(H,12,14,15)/q-1. The van der Waals surface area contributed by atoms with Gasteiger partial charge in [-0.2, -0.15) is 0 Å². The van der Waals surface area contributed by atoms with Gasteiger partial charge in [-0.3, -0.25) is 9.78 Å². The summed E-state index contributed by atoms with van der Waals surface area (Å²) in [5.74, 6) is 0. The molecule has 15 heavy (non-hydrogen) atoms. The van der Waals surface area contributed by atoms with Crippen LogP contribution in [0.2, 0.25) is 0 Å².